The molecule has 0 saturated heterocycles. The lowest BCUT2D eigenvalue weighted by molar-refractivity contribution is -0.136. The fraction of sp³-hybridized carbons (Fsp3) is 0.300. The Labute approximate surface area is 115 Å². The van der Waals surface area contributed by atoms with Crippen molar-refractivity contribution >= 4 is 44.9 Å². The number of benzene rings is 1. The quantitative estimate of drug-likeness (QED) is 0.905. The Bertz CT molecular complexity index is 559. The third-order valence-corrected chi connectivity index (χ3v) is 3.84. The average molecular weight is 312 g/mol. The molecule has 0 heterocycles. The largest absolute Gasteiger partial charge is 0.481 e. The SMILES string of the molecule is CS(=O)(=O)N(CCC(=O)O)c1cc(Cl)ccc1Cl. The molecule has 0 aliphatic carbocycles. The van der Waals surface area contributed by atoms with Gasteiger partial charge in [-0.25, -0.2) is 8.42 Å². The number of nitrogens with zero attached hydrogens (tertiary/aromatic N) is 1. The molecule has 0 spiro atoms. The van der Waals surface area contributed by atoms with Crippen LogP contribution in [0.1, 0.15) is 6.42 Å². The predicted molar refractivity (Wildman–Crippen MR) is 70.9 cm³/mol. The van der Waals surface area contributed by atoms with Crippen molar-refractivity contribution in [2.45, 2.75) is 6.42 Å². The molecule has 0 unspecified atom stereocenters. The molecular formula is C10H11Cl2NO4S. The number of carboxylic acid groups (broad SMARTS) is 1. The van der Waals surface area contributed by atoms with E-state index in [1.54, 1.807) is 0 Å². The summed E-state index contributed by atoms with van der Waals surface area (Å²) in [5.41, 5.74) is 0.174. The third kappa shape index (κ3) is 4.04. The molecule has 0 bridgehead atoms. The highest BCUT2D eigenvalue weighted by molar-refractivity contribution is 7.92. The van der Waals surface area contributed by atoms with Crippen LogP contribution in [0.4, 0.5) is 5.69 Å². The molecule has 0 aliphatic heterocycles. The van der Waals surface area contributed by atoms with E-state index in [-0.39, 0.29) is 23.7 Å². The van der Waals surface area contributed by atoms with Crippen LogP contribution in [-0.4, -0.2) is 32.3 Å². The lowest BCUT2D eigenvalue weighted by atomic mass is 10.3. The first-order chi connectivity index (χ1) is 8.21. The molecule has 0 aliphatic rings. The van der Waals surface area contributed by atoms with Crippen LogP contribution in [0.5, 0.6) is 0 Å². The maximum absolute atomic E-state index is 11.6. The van der Waals surface area contributed by atoms with Crippen LogP contribution < -0.4 is 4.31 Å². The van der Waals surface area contributed by atoms with Crippen LogP contribution in [0.3, 0.4) is 0 Å². The fourth-order valence-electron chi connectivity index (χ4n) is 1.34. The topological polar surface area (TPSA) is 74.7 Å². The number of halogens is 2. The number of rotatable bonds is 5. The molecule has 1 rings (SSSR count). The summed E-state index contributed by atoms with van der Waals surface area (Å²) in [6.07, 6.45) is 0.655. The van der Waals surface area contributed by atoms with Gasteiger partial charge in [0.2, 0.25) is 10.0 Å². The molecule has 1 aromatic carbocycles. The zero-order valence-corrected chi connectivity index (χ0v) is 11.8. The third-order valence-electron chi connectivity index (χ3n) is 2.11. The summed E-state index contributed by atoms with van der Waals surface area (Å²) in [7, 11) is -3.63. The zero-order chi connectivity index (χ0) is 13.9. The standard InChI is InChI=1S/C10H11Cl2NO4S/c1-18(16,17)13(5-4-10(14)15)9-6-7(11)2-3-8(9)12/h2-3,6H,4-5H2,1H3,(H,14,15). The van der Waals surface area contributed by atoms with Crippen molar-refractivity contribution in [1.29, 1.82) is 0 Å². The predicted octanol–water partition coefficient (Wildman–Crippen LogP) is 2.23. The average Bonchev–Trinajstić information content (AvgIpc) is 2.21. The zero-order valence-electron chi connectivity index (χ0n) is 9.43. The van der Waals surface area contributed by atoms with E-state index in [1.807, 2.05) is 0 Å². The van der Waals surface area contributed by atoms with Crippen LogP contribution in [-0.2, 0) is 14.8 Å². The van der Waals surface area contributed by atoms with Crippen molar-refractivity contribution < 1.29 is 18.3 Å². The van der Waals surface area contributed by atoms with Gasteiger partial charge in [0.25, 0.3) is 0 Å². The molecule has 100 valence electrons. The van der Waals surface area contributed by atoms with Gasteiger partial charge in [0.15, 0.2) is 0 Å². The normalized spacial score (nSPS) is 11.3. The maximum Gasteiger partial charge on any atom is 0.305 e. The fourth-order valence-corrected chi connectivity index (χ4v) is 2.71. The van der Waals surface area contributed by atoms with E-state index in [0.29, 0.717) is 5.02 Å². The minimum Gasteiger partial charge on any atom is -0.481 e. The Balaban J connectivity index is 3.18. The van der Waals surface area contributed by atoms with Gasteiger partial charge in [0.05, 0.1) is 23.4 Å². The van der Waals surface area contributed by atoms with Crippen molar-refractivity contribution in [1.82, 2.24) is 0 Å². The molecule has 8 heteroatoms. The number of anilines is 1. The summed E-state index contributed by atoms with van der Waals surface area (Å²) < 4.78 is 24.2. The van der Waals surface area contributed by atoms with Gasteiger partial charge in [-0.1, -0.05) is 23.2 Å². The second kappa shape index (κ2) is 5.77. The van der Waals surface area contributed by atoms with E-state index in [1.165, 1.54) is 18.2 Å². The Morgan fingerprint density at radius 1 is 1.39 bits per heavy atom. The lowest BCUT2D eigenvalue weighted by Gasteiger charge is -2.22. The highest BCUT2D eigenvalue weighted by Gasteiger charge is 2.21. The Morgan fingerprint density at radius 2 is 2.00 bits per heavy atom. The van der Waals surface area contributed by atoms with Crippen LogP contribution >= 0.6 is 23.2 Å². The van der Waals surface area contributed by atoms with Gasteiger partial charge in [-0.2, -0.15) is 0 Å². The van der Waals surface area contributed by atoms with Gasteiger partial charge < -0.3 is 5.11 Å². The molecule has 0 fully saturated rings. The molecule has 1 N–H and O–H groups in total. The number of aliphatic carboxylic acids is 1. The van der Waals surface area contributed by atoms with Crippen molar-refractivity contribution in [3.05, 3.63) is 28.2 Å². The number of sulfonamides is 1. The summed E-state index contributed by atoms with van der Waals surface area (Å²) in [6.45, 7) is -0.200. The van der Waals surface area contributed by atoms with Crippen LogP contribution in [0.15, 0.2) is 18.2 Å². The van der Waals surface area contributed by atoms with Crippen LogP contribution in [0.25, 0.3) is 0 Å². The van der Waals surface area contributed by atoms with E-state index in [0.717, 1.165) is 10.6 Å². The molecule has 0 amide bonds. The van der Waals surface area contributed by atoms with E-state index >= 15 is 0 Å². The summed E-state index contributed by atoms with van der Waals surface area (Å²) in [5, 5.41) is 9.13. The van der Waals surface area contributed by atoms with Crippen molar-refractivity contribution in [2.24, 2.45) is 0 Å². The second-order valence-electron chi connectivity index (χ2n) is 3.57. The summed E-state index contributed by atoms with van der Waals surface area (Å²) >= 11 is 11.7. The maximum atomic E-state index is 11.6. The number of carboxylic acids is 1. The molecule has 5 nitrogen and oxygen atoms in total. The highest BCUT2D eigenvalue weighted by Crippen LogP contribution is 2.30. The minimum absolute atomic E-state index is 0.174. The van der Waals surface area contributed by atoms with Gasteiger partial charge in [0, 0.05) is 11.6 Å². The van der Waals surface area contributed by atoms with E-state index < -0.39 is 16.0 Å². The molecule has 0 saturated carbocycles. The van der Waals surface area contributed by atoms with E-state index in [4.69, 9.17) is 28.3 Å². The number of hydrogen-bond acceptors (Lipinski definition) is 3. The van der Waals surface area contributed by atoms with Gasteiger partial charge in [-0.05, 0) is 18.2 Å². The van der Waals surface area contributed by atoms with Crippen molar-refractivity contribution in [3.8, 4) is 0 Å². The lowest BCUT2D eigenvalue weighted by Crippen LogP contribution is -2.32. The van der Waals surface area contributed by atoms with Crippen LogP contribution in [0.2, 0.25) is 10.0 Å². The molecular weight excluding hydrogens is 301 g/mol. The number of hydrogen-bond donors (Lipinski definition) is 1. The Kier molecular flexibility index (Phi) is 4.84. The first kappa shape index (κ1) is 15.1. The van der Waals surface area contributed by atoms with E-state index in [9.17, 15) is 13.2 Å². The highest BCUT2D eigenvalue weighted by atomic mass is 35.5. The van der Waals surface area contributed by atoms with Gasteiger partial charge >= 0.3 is 5.97 Å². The Hall–Kier alpha value is -0.980. The monoisotopic (exact) mass is 311 g/mol. The summed E-state index contributed by atoms with van der Waals surface area (Å²) in [4.78, 5) is 10.5. The first-order valence-electron chi connectivity index (χ1n) is 4.86. The molecule has 0 atom stereocenters. The molecule has 1 aromatic rings. The van der Waals surface area contributed by atoms with Gasteiger partial charge in [0.1, 0.15) is 0 Å². The summed E-state index contributed by atoms with van der Waals surface area (Å²) in [5.74, 6) is -1.10. The molecule has 0 aromatic heterocycles. The van der Waals surface area contributed by atoms with Gasteiger partial charge in [-0.15, -0.1) is 0 Å². The Morgan fingerprint density at radius 3 is 2.50 bits per heavy atom. The number of carbonyl (C=O) groups is 1. The van der Waals surface area contributed by atoms with E-state index in [2.05, 4.69) is 0 Å². The van der Waals surface area contributed by atoms with Gasteiger partial charge in [-0.3, -0.25) is 9.10 Å². The van der Waals surface area contributed by atoms with Crippen molar-refractivity contribution in [2.75, 3.05) is 17.1 Å². The first-order valence-corrected chi connectivity index (χ1v) is 7.47. The minimum atomic E-state index is -3.63. The molecule has 18 heavy (non-hydrogen) atoms. The smallest absolute Gasteiger partial charge is 0.305 e. The molecule has 0 radical (unpaired) electrons. The van der Waals surface area contributed by atoms with Crippen molar-refractivity contribution in [3.63, 3.8) is 0 Å². The summed E-state index contributed by atoms with van der Waals surface area (Å²) in [6, 6.07) is 4.36. The second-order valence-corrected chi connectivity index (χ2v) is 6.33. The van der Waals surface area contributed by atoms with Crippen LogP contribution in [0, 0.1) is 0 Å².